The zero-order valence-electron chi connectivity index (χ0n) is 16.1. The van der Waals surface area contributed by atoms with Gasteiger partial charge in [0, 0.05) is 17.8 Å². The number of benzene rings is 1. The van der Waals surface area contributed by atoms with Crippen LogP contribution in [0, 0.1) is 11.3 Å². The molecule has 4 nitrogen and oxygen atoms in total. The second-order valence-electron chi connectivity index (χ2n) is 7.56. The normalized spacial score (nSPS) is 20.7. The summed E-state index contributed by atoms with van der Waals surface area (Å²) < 4.78 is 10.6. The van der Waals surface area contributed by atoms with Crippen LogP contribution in [0.25, 0.3) is 0 Å². The van der Waals surface area contributed by atoms with Gasteiger partial charge in [-0.25, -0.2) is 0 Å². The first-order chi connectivity index (χ1) is 11.9. The minimum absolute atomic E-state index is 0.448. The molecule has 0 atom stereocenters. The van der Waals surface area contributed by atoms with Crippen LogP contribution in [-0.2, 0) is 0 Å². The van der Waals surface area contributed by atoms with Crippen LogP contribution in [0.2, 0.25) is 0 Å². The highest BCUT2D eigenvalue weighted by molar-refractivity contribution is 7.80. The predicted octanol–water partition coefficient (Wildman–Crippen LogP) is 4.99. The van der Waals surface area contributed by atoms with E-state index in [0.717, 1.165) is 11.6 Å². The average Bonchev–Trinajstić information content (AvgIpc) is 2.62. The monoisotopic (exact) mass is 364 g/mol. The van der Waals surface area contributed by atoms with Crippen molar-refractivity contribution in [1.29, 1.82) is 0 Å². The van der Waals surface area contributed by atoms with Crippen molar-refractivity contribution in [3.05, 3.63) is 18.2 Å². The molecule has 0 heterocycles. The molecule has 0 aliphatic heterocycles. The minimum Gasteiger partial charge on any atom is -0.493 e. The summed E-state index contributed by atoms with van der Waals surface area (Å²) in [5.41, 5.74) is 1.35. The molecular formula is C20H32N2O2S. The second kappa shape index (κ2) is 8.75. The van der Waals surface area contributed by atoms with Gasteiger partial charge in [0.1, 0.15) is 0 Å². The van der Waals surface area contributed by atoms with E-state index < -0.39 is 0 Å². The van der Waals surface area contributed by atoms with Crippen LogP contribution in [0.5, 0.6) is 11.5 Å². The Labute approximate surface area is 157 Å². The van der Waals surface area contributed by atoms with E-state index in [1.54, 1.807) is 14.2 Å². The standard InChI is InChI=1S/C20H32N2O2S/c1-6-20(2,3)14-7-9-15(10-8-14)21-19(25)22-16-11-12-17(23-4)18(13-16)24-5/h11-15H,6-10H2,1-5H3,(H2,21,22,25). The van der Waals surface area contributed by atoms with Crippen LogP contribution in [0.3, 0.4) is 0 Å². The molecule has 1 aromatic rings. The zero-order valence-corrected chi connectivity index (χ0v) is 17.0. The van der Waals surface area contributed by atoms with Gasteiger partial charge in [-0.3, -0.25) is 0 Å². The van der Waals surface area contributed by atoms with E-state index in [2.05, 4.69) is 31.4 Å². The van der Waals surface area contributed by atoms with E-state index in [-0.39, 0.29) is 0 Å². The lowest BCUT2D eigenvalue weighted by Gasteiger charge is -2.39. The Morgan fingerprint density at radius 1 is 1.12 bits per heavy atom. The highest BCUT2D eigenvalue weighted by Gasteiger charge is 2.31. The topological polar surface area (TPSA) is 42.5 Å². The molecule has 140 valence electrons. The van der Waals surface area contributed by atoms with Gasteiger partial charge in [0.25, 0.3) is 0 Å². The maximum absolute atomic E-state index is 5.49. The summed E-state index contributed by atoms with van der Waals surface area (Å²) in [6.07, 6.45) is 6.16. The van der Waals surface area contributed by atoms with E-state index in [0.29, 0.717) is 28.1 Å². The van der Waals surface area contributed by atoms with Gasteiger partial charge in [0.15, 0.2) is 16.6 Å². The van der Waals surface area contributed by atoms with Crippen LogP contribution in [0.4, 0.5) is 5.69 Å². The van der Waals surface area contributed by atoms with Crippen LogP contribution < -0.4 is 20.1 Å². The molecule has 0 saturated heterocycles. The first-order valence-corrected chi connectivity index (χ1v) is 9.60. The number of anilines is 1. The zero-order chi connectivity index (χ0) is 18.4. The molecule has 2 rings (SSSR count). The van der Waals surface area contributed by atoms with Crippen molar-refractivity contribution in [1.82, 2.24) is 5.32 Å². The molecule has 0 radical (unpaired) electrons. The van der Waals surface area contributed by atoms with Crippen LogP contribution in [0.15, 0.2) is 18.2 Å². The molecule has 1 fully saturated rings. The summed E-state index contributed by atoms with van der Waals surface area (Å²) in [6.45, 7) is 7.09. The van der Waals surface area contributed by atoms with Gasteiger partial charge in [-0.2, -0.15) is 0 Å². The lowest BCUT2D eigenvalue weighted by Crippen LogP contribution is -2.41. The minimum atomic E-state index is 0.448. The summed E-state index contributed by atoms with van der Waals surface area (Å²) in [5.74, 6) is 2.23. The Bertz CT molecular complexity index is 581. The number of hydrogen-bond acceptors (Lipinski definition) is 3. The number of ether oxygens (including phenoxy) is 2. The molecule has 25 heavy (non-hydrogen) atoms. The molecule has 0 amide bonds. The van der Waals surface area contributed by atoms with Crippen LogP contribution >= 0.6 is 12.2 Å². The lowest BCUT2D eigenvalue weighted by atomic mass is 9.69. The molecular weight excluding hydrogens is 332 g/mol. The molecule has 1 aliphatic rings. The van der Waals surface area contributed by atoms with E-state index >= 15 is 0 Å². The molecule has 1 saturated carbocycles. The molecule has 0 aromatic heterocycles. The van der Waals surface area contributed by atoms with Crippen LogP contribution in [-0.4, -0.2) is 25.4 Å². The summed E-state index contributed by atoms with van der Waals surface area (Å²) in [5, 5.41) is 7.40. The third-order valence-corrected chi connectivity index (χ3v) is 5.94. The summed E-state index contributed by atoms with van der Waals surface area (Å²) in [4.78, 5) is 0. The summed E-state index contributed by atoms with van der Waals surface area (Å²) in [6, 6.07) is 6.18. The van der Waals surface area contributed by atoms with Crippen molar-refractivity contribution in [2.75, 3.05) is 19.5 Å². The fourth-order valence-electron chi connectivity index (χ4n) is 3.57. The number of hydrogen-bond donors (Lipinski definition) is 2. The Kier molecular flexibility index (Phi) is 6.94. The van der Waals surface area contributed by atoms with E-state index in [9.17, 15) is 0 Å². The van der Waals surface area contributed by atoms with Gasteiger partial charge >= 0.3 is 0 Å². The number of methoxy groups -OCH3 is 2. The first-order valence-electron chi connectivity index (χ1n) is 9.19. The van der Waals surface area contributed by atoms with E-state index in [1.165, 1.54) is 32.1 Å². The fourth-order valence-corrected chi connectivity index (χ4v) is 3.86. The summed E-state index contributed by atoms with van der Waals surface area (Å²) in [7, 11) is 3.27. The van der Waals surface area contributed by atoms with Gasteiger partial charge in [0.05, 0.1) is 14.2 Å². The Hall–Kier alpha value is -1.49. The molecule has 0 unspecified atom stereocenters. The Morgan fingerprint density at radius 2 is 1.76 bits per heavy atom. The molecule has 0 spiro atoms. The van der Waals surface area contributed by atoms with Crippen LogP contribution in [0.1, 0.15) is 52.9 Å². The Morgan fingerprint density at radius 3 is 2.32 bits per heavy atom. The lowest BCUT2D eigenvalue weighted by molar-refractivity contribution is 0.141. The van der Waals surface area contributed by atoms with Gasteiger partial charge in [-0.15, -0.1) is 0 Å². The van der Waals surface area contributed by atoms with E-state index in [4.69, 9.17) is 21.7 Å². The number of thiocarbonyl (C=S) groups is 1. The molecule has 5 heteroatoms. The first kappa shape index (κ1) is 19.8. The quantitative estimate of drug-likeness (QED) is 0.697. The SMILES string of the molecule is CCC(C)(C)C1CCC(NC(=S)Nc2ccc(OC)c(OC)c2)CC1. The van der Waals surface area contributed by atoms with Crippen molar-refractivity contribution < 1.29 is 9.47 Å². The molecule has 1 aliphatic carbocycles. The molecule has 0 bridgehead atoms. The second-order valence-corrected chi connectivity index (χ2v) is 7.97. The van der Waals surface area contributed by atoms with Gasteiger partial charge in [-0.1, -0.05) is 27.2 Å². The smallest absolute Gasteiger partial charge is 0.170 e. The fraction of sp³-hybridized carbons (Fsp3) is 0.650. The largest absolute Gasteiger partial charge is 0.493 e. The summed E-state index contributed by atoms with van der Waals surface area (Å²) >= 11 is 5.49. The number of nitrogens with one attached hydrogen (secondary N) is 2. The van der Waals surface area contributed by atoms with Crippen molar-refractivity contribution in [2.45, 2.75) is 58.9 Å². The highest BCUT2D eigenvalue weighted by Crippen LogP contribution is 2.40. The molecule has 1 aromatic carbocycles. The van der Waals surface area contributed by atoms with Crippen molar-refractivity contribution in [3.63, 3.8) is 0 Å². The van der Waals surface area contributed by atoms with Crippen molar-refractivity contribution >= 4 is 23.0 Å². The third-order valence-electron chi connectivity index (χ3n) is 5.72. The Balaban J connectivity index is 1.85. The average molecular weight is 365 g/mol. The predicted molar refractivity (Wildman–Crippen MR) is 109 cm³/mol. The van der Waals surface area contributed by atoms with Gasteiger partial charge in [-0.05, 0) is 61.4 Å². The van der Waals surface area contributed by atoms with Crippen molar-refractivity contribution in [3.8, 4) is 11.5 Å². The maximum atomic E-state index is 5.49. The van der Waals surface area contributed by atoms with Gasteiger partial charge < -0.3 is 20.1 Å². The van der Waals surface area contributed by atoms with Gasteiger partial charge in [0.2, 0.25) is 0 Å². The molecule has 2 N–H and O–H groups in total. The maximum Gasteiger partial charge on any atom is 0.170 e. The number of rotatable bonds is 6. The third kappa shape index (κ3) is 5.24. The highest BCUT2D eigenvalue weighted by atomic mass is 32.1. The van der Waals surface area contributed by atoms with Crippen molar-refractivity contribution in [2.24, 2.45) is 11.3 Å². The van der Waals surface area contributed by atoms with E-state index in [1.807, 2.05) is 18.2 Å².